The molecular weight excluding hydrogens is 310 g/mol. The molecule has 1 N–H and O–H groups in total. The van der Waals surface area contributed by atoms with Crippen LogP contribution in [0.25, 0.3) is 0 Å². The van der Waals surface area contributed by atoms with Crippen LogP contribution in [-0.2, 0) is 9.47 Å². The molecule has 0 radical (unpaired) electrons. The summed E-state index contributed by atoms with van der Waals surface area (Å²) < 4.78 is 10.2. The van der Waals surface area contributed by atoms with Gasteiger partial charge in [0.1, 0.15) is 11.4 Å². The van der Waals surface area contributed by atoms with E-state index in [0.29, 0.717) is 31.2 Å². The number of aryl methyl sites for hydroxylation is 1. The van der Waals surface area contributed by atoms with E-state index < -0.39 is 17.7 Å². The van der Waals surface area contributed by atoms with E-state index in [-0.39, 0.29) is 6.04 Å². The zero-order valence-corrected chi connectivity index (χ0v) is 14.9. The number of carbonyl (C=O) groups is 2. The normalized spacial score (nSPS) is 14.8. The zero-order valence-electron chi connectivity index (χ0n) is 14.9. The Balaban J connectivity index is 1.93. The van der Waals surface area contributed by atoms with Crippen LogP contribution in [0.5, 0.6) is 0 Å². The predicted molar refractivity (Wildman–Crippen MR) is 90.3 cm³/mol. The molecule has 0 aromatic carbocycles. The van der Waals surface area contributed by atoms with E-state index in [1.54, 1.807) is 13.0 Å². The van der Waals surface area contributed by atoms with Gasteiger partial charge < -0.3 is 19.7 Å². The van der Waals surface area contributed by atoms with Gasteiger partial charge >= 0.3 is 12.1 Å². The van der Waals surface area contributed by atoms with Crippen molar-refractivity contribution >= 4 is 17.9 Å². The second kappa shape index (κ2) is 7.07. The average Bonchev–Trinajstić information content (AvgIpc) is 2.40. The number of alkyl carbamates (subject to hydrolysis) is 1. The number of ether oxygens (including phenoxy) is 2. The van der Waals surface area contributed by atoms with E-state index in [2.05, 4.69) is 10.3 Å². The lowest BCUT2D eigenvalue weighted by atomic mass is 10.1. The SMILES string of the molecule is CCOC(=O)c1cc(C)cc(N2CC(NC(=O)OC(C)(C)C)C2)n1. The molecule has 0 saturated carbocycles. The molecule has 24 heavy (non-hydrogen) atoms. The number of nitrogens with one attached hydrogen (secondary N) is 1. The highest BCUT2D eigenvalue weighted by molar-refractivity contribution is 5.88. The lowest BCUT2D eigenvalue weighted by Crippen LogP contribution is -2.60. The minimum absolute atomic E-state index is 0.00760. The van der Waals surface area contributed by atoms with Crippen LogP contribution in [0.3, 0.4) is 0 Å². The van der Waals surface area contributed by atoms with Gasteiger partial charge in [-0.05, 0) is 52.3 Å². The predicted octanol–water partition coefficient (Wildman–Crippen LogP) is 2.28. The Kier molecular flexibility index (Phi) is 5.31. The average molecular weight is 335 g/mol. The summed E-state index contributed by atoms with van der Waals surface area (Å²) in [5.74, 6) is 0.284. The van der Waals surface area contributed by atoms with Gasteiger partial charge in [-0.15, -0.1) is 0 Å². The molecule has 1 fully saturated rings. The van der Waals surface area contributed by atoms with Crippen molar-refractivity contribution in [2.75, 3.05) is 24.6 Å². The van der Waals surface area contributed by atoms with Crippen molar-refractivity contribution in [2.24, 2.45) is 0 Å². The van der Waals surface area contributed by atoms with Crippen molar-refractivity contribution in [3.63, 3.8) is 0 Å². The summed E-state index contributed by atoms with van der Waals surface area (Å²) in [7, 11) is 0. The number of carbonyl (C=O) groups excluding carboxylic acids is 2. The summed E-state index contributed by atoms with van der Waals surface area (Å²) in [6, 6.07) is 3.62. The number of aromatic nitrogens is 1. The van der Waals surface area contributed by atoms with Gasteiger partial charge in [-0.1, -0.05) is 0 Å². The Morgan fingerprint density at radius 2 is 2.00 bits per heavy atom. The van der Waals surface area contributed by atoms with E-state index in [0.717, 1.165) is 5.56 Å². The Bertz CT molecular complexity index is 619. The fourth-order valence-corrected chi connectivity index (χ4v) is 2.35. The van der Waals surface area contributed by atoms with Crippen LogP contribution >= 0.6 is 0 Å². The molecule has 2 rings (SSSR count). The summed E-state index contributed by atoms with van der Waals surface area (Å²) in [5.41, 5.74) is 0.724. The summed E-state index contributed by atoms with van der Waals surface area (Å²) in [6.45, 7) is 10.7. The number of nitrogens with zero attached hydrogens (tertiary/aromatic N) is 2. The summed E-state index contributed by atoms with van der Waals surface area (Å²) in [5, 5.41) is 2.82. The van der Waals surface area contributed by atoms with Crippen LogP contribution in [0, 0.1) is 6.92 Å². The molecular formula is C17H25N3O4. The number of hydrogen-bond acceptors (Lipinski definition) is 6. The quantitative estimate of drug-likeness (QED) is 0.850. The highest BCUT2D eigenvalue weighted by atomic mass is 16.6. The van der Waals surface area contributed by atoms with Crippen LogP contribution < -0.4 is 10.2 Å². The maximum atomic E-state index is 11.8. The summed E-state index contributed by atoms with van der Waals surface area (Å²) in [4.78, 5) is 29.9. The smallest absolute Gasteiger partial charge is 0.407 e. The molecule has 0 spiro atoms. The van der Waals surface area contributed by atoms with Gasteiger partial charge in [0.05, 0.1) is 12.6 Å². The van der Waals surface area contributed by atoms with E-state index in [1.165, 1.54) is 0 Å². The fraction of sp³-hybridized carbons (Fsp3) is 0.588. The lowest BCUT2D eigenvalue weighted by Gasteiger charge is -2.40. The van der Waals surface area contributed by atoms with Crippen molar-refractivity contribution in [3.05, 3.63) is 23.4 Å². The van der Waals surface area contributed by atoms with Crippen LogP contribution in [0.4, 0.5) is 10.6 Å². The van der Waals surface area contributed by atoms with E-state index in [4.69, 9.17) is 9.47 Å². The highest BCUT2D eigenvalue weighted by Crippen LogP contribution is 2.21. The van der Waals surface area contributed by atoms with Gasteiger partial charge in [-0.3, -0.25) is 0 Å². The molecule has 0 aliphatic carbocycles. The Labute approximate surface area is 142 Å². The third-order valence-corrected chi connectivity index (χ3v) is 3.37. The number of hydrogen-bond donors (Lipinski definition) is 1. The maximum Gasteiger partial charge on any atom is 0.407 e. The van der Waals surface area contributed by atoms with Gasteiger partial charge in [0.15, 0.2) is 5.69 Å². The van der Waals surface area contributed by atoms with E-state index in [1.807, 2.05) is 38.7 Å². The number of rotatable bonds is 4. The fourth-order valence-electron chi connectivity index (χ4n) is 2.35. The molecule has 1 amide bonds. The Hall–Kier alpha value is -2.31. The van der Waals surface area contributed by atoms with Gasteiger partial charge in [-0.25, -0.2) is 14.6 Å². The van der Waals surface area contributed by atoms with Gasteiger partial charge in [0, 0.05) is 13.1 Å². The first-order valence-electron chi connectivity index (χ1n) is 8.08. The van der Waals surface area contributed by atoms with Crippen LogP contribution in [0.15, 0.2) is 12.1 Å². The first kappa shape index (κ1) is 18.0. The second-order valence-corrected chi connectivity index (χ2v) is 6.86. The van der Waals surface area contributed by atoms with E-state index in [9.17, 15) is 9.59 Å². The van der Waals surface area contributed by atoms with Gasteiger partial charge in [0.2, 0.25) is 0 Å². The standard InChI is InChI=1S/C17H25N3O4/c1-6-23-15(21)13-7-11(2)8-14(19-13)20-9-12(10-20)18-16(22)24-17(3,4)5/h7-8,12H,6,9-10H2,1-5H3,(H,18,22). The Morgan fingerprint density at radius 3 is 2.58 bits per heavy atom. The molecule has 0 unspecified atom stereocenters. The van der Waals surface area contributed by atoms with Crippen LogP contribution in [0.1, 0.15) is 43.7 Å². The summed E-state index contributed by atoms with van der Waals surface area (Å²) in [6.07, 6.45) is -0.420. The van der Waals surface area contributed by atoms with Gasteiger partial charge in [-0.2, -0.15) is 0 Å². The number of pyridine rings is 1. The minimum atomic E-state index is -0.514. The first-order chi connectivity index (χ1) is 11.2. The molecule has 132 valence electrons. The largest absolute Gasteiger partial charge is 0.461 e. The molecule has 7 nitrogen and oxygen atoms in total. The van der Waals surface area contributed by atoms with Crippen LogP contribution in [-0.4, -0.2) is 48.4 Å². The monoisotopic (exact) mass is 335 g/mol. The van der Waals surface area contributed by atoms with Gasteiger partial charge in [0.25, 0.3) is 0 Å². The van der Waals surface area contributed by atoms with Crippen molar-refractivity contribution in [2.45, 2.75) is 46.3 Å². The number of esters is 1. The minimum Gasteiger partial charge on any atom is -0.461 e. The molecule has 7 heteroatoms. The third-order valence-electron chi connectivity index (χ3n) is 3.37. The van der Waals surface area contributed by atoms with Crippen molar-refractivity contribution in [1.29, 1.82) is 0 Å². The lowest BCUT2D eigenvalue weighted by molar-refractivity contribution is 0.0493. The second-order valence-electron chi connectivity index (χ2n) is 6.86. The number of anilines is 1. The Morgan fingerprint density at radius 1 is 1.33 bits per heavy atom. The van der Waals surface area contributed by atoms with Crippen molar-refractivity contribution in [3.8, 4) is 0 Å². The molecule has 0 atom stereocenters. The topological polar surface area (TPSA) is 80.8 Å². The van der Waals surface area contributed by atoms with E-state index >= 15 is 0 Å². The maximum absolute atomic E-state index is 11.8. The first-order valence-corrected chi connectivity index (χ1v) is 8.08. The highest BCUT2D eigenvalue weighted by Gasteiger charge is 2.31. The summed E-state index contributed by atoms with van der Waals surface area (Å²) >= 11 is 0. The molecule has 1 aliphatic rings. The molecule has 1 aromatic heterocycles. The molecule has 1 saturated heterocycles. The molecule has 0 bridgehead atoms. The zero-order chi connectivity index (χ0) is 17.9. The van der Waals surface area contributed by atoms with Crippen molar-refractivity contribution in [1.82, 2.24) is 10.3 Å². The molecule has 2 heterocycles. The third kappa shape index (κ3) is 4.84. The molecule has 1 aromatic rings. The number of amides is 1. The van der Waals surface area contributed by atoms with Crippen LogP contribution in [0.2, 0.25) is 0 Å². The molecule has 1 aliphatic heterocycles. The van der Waals surface area contributed by atoms with Crippen molar-refractivity contribution < 1.29 is 19.1 Å².